The zero-order valence-corrected chi connectivity index (χ0v) is 16.5. The molecule has 1 aromatic carbocycles. The second-order valence-corrected chi connectivity index (χ2v) is 6.37. The summed E-state index contributed by atoms with van der Waals surface area (Å²) in [6.45, 7) is 4.59. The van der Waals surface area contributed by atoms with Crippen LogP contribution in [-0.2, 0) is 6.54 Å². The summed E-state index contributed by atoms with van der Waals surface area (Å²) in [4.78, 5) is 4.43. The molecule has 1 unspecified atom stereocenters. The number of halogens is 3. The molecule has 2 aromatic rings. The molecule has 3 rings (SSSR count). The minimum atomic E-state index is -0.733. The van der Waals surface area contributed by atoms with Crippen molar-refractivity contribution in [3.05, 3.63) is 35.6 Å². The number of rotatable bonds is 5. The fraction of sp³-hybridized carbons (Fsp3) is 0.471. The molecule has 1 fully saturated rings. The van der Waals surface area contributed by atoms with Crippen LogP contribution in [-0.4, -0.2) is 40.0 Å². The number of nitrogens with zero attached hydrogens (tertiary/aromatic N) is 2. The molecule has 1 aromatic heterocycles. The fourth-order valence-electron chi connectivity index (χ4n) is 3.01. The number of benzene rings is 1. The number of aliphatic hydroxyl groups is 1. The van der Waals surface area contributed by atoms with Crippen LogP contribution in [0.4, 0.5) is 0 Å². The molecule has 140 valence electrons. The van der Waals surface area contributed by atoms with E-state index in [9.17, 15) is 5.11 Å². The van der Waals surface area contributed by atoms with E-state index in [0.29, 0.717) is 30.5 Å². The highest BCUT2D eigenvalue weighted by atomic mass is 35.5. The lowest BCUT2D eigenvalue weighted by Crippen LogP contribution is -2.48. The molecule has 0 amide bonds. The molecule has 0 aliphatic carbocycles. The van der Waals surface area contributed by atoms with Gasteiger partial charge in [-0.2, -0.15) is 0 Å². The van der Waals surface area contributed by atoms with Crippen LogP contribution in [0.15, 0.2) is 30.6 Å². The van der Waals surface area contributed by atoms with Crippen molar-refractivity contribution in [3.8, 4) is 17.1 Å². The van der Waals surface area contributed by atoms with E-state index in [0.717, 1.165) is 30.8 Å². The maximum atomic E-state index is 10.7. The molecule has 1 aliphatic heterocycles. The SMILES string of the molecule is CCOc1ccc(-c2nccn2CC2(O)CCCNC2)cc1Cl.Cl.Cl. The fourth-order valence-corrected chi connectivity index (χ4v) is 3.25. The maximum Gasteiger partial charge on any atom is 0.140 e. The first-order valence-corrected chi connectivity index (χ1v) is 8.36. The third-order valence-corrected chi connectivity index (χ3v) is 4.42. The Morgan fingerprint density at radius 1 is 1.40 bits per heavy atom. The van der Waals surface area contributed by atoms with Gasteiger partial charge >= 0.3 is 0 Å². The summed E-state index contributed by atoms with van der Waals surface area (Å²) in [6, 6.07) is 5.66. The highest BCUT2D eigenvalue weighted by molar-refractivity contribution is 6.32. The predicted molar refractivity (Wildman–Crippen MR) is 105 cm³/mol. The normalized spacial score (nSPS) is 19.6. The first-order chi connectivity index (χ1) is 11.1. The Balaban J connectivity index is 0.00000156. The Kier molecular flexibility index (Phi) is 8.51. The molecule has 1 atom stereocenters. The number of hydrogen-bond acceptors (Lipinski definition) is 4. The van der Waals surface area contributed by atoms with E-state index < -0.39 is 5.60 Å². The van der Waals surface area contributed by atoms with Crippen LogP contribution in [0.25, 0.3) is 11.4 Å². The van der Waals surface area contributed by atoms with Gasteiger partial charge in [-0.3, -0.25) is 0 Å². The van der Waals surface area contributed by atoms with Crippen LogP contribution in [0, 0.1) is 0 Å². The van der Waals surface area contributed by atoms with Crippen molar-refractivity contribution in [2.45, 2.75) is 31.9 Å². The molecule has 0 saturated carbocycles. The average molecular weight is 409 g/mol. The monoisotopic (exact) mass is 407 g/mol. The lowest BCUT2D eigenvalue weighted by molar-refractivity contribution is 0.00106. The lowest BCUT2D eigenvalue weighted by atomic mass is 9.94. The third-order valence-electron chi connectivity index (χ3n) is 4.12. The highest BCUT2D eigenvalue weighted by Crippen LogP contribution is 2.30. The van der Waals surface area contributed by atoms with Crippen LogP contribution in [0.1, 0.15) is 19.8 Å². The van der Waals surface area contributed by atoms with Crippen molar-refractivity contribution in [1.29, 1.82) is 0 Å². The summed E-state index contributed by atoms with van der Waals surface area (Å²) >= 11 is 6.28. The van der Waals surface area contributed by atoms with E-state index in [2.05, 4.69) is 10.3 Å². The number of β-amino-alcohol motifs (C(OH)–C–C–N with tert-alkyl or cyclic N) is 1. The van der Waals surface area contributed by atoms with Gasteiger partial charge in [0.05, 0.1) is 23.8 Å². The molecule has 1 aliphatic rings. The van der Waals surface area contributed by atoms with Crippen molar-refractivity contribution in [2.24, 2.45) is 0 Å². The Bertz CT molecular complexity index is 673. The molecule has 1 saturated heterocycles. The van der Waals surface area contributed by atoms with Gasteiger partial charge in [-0.1, -0.05) is 11.6 Å². The van der Waals surface area contributed by atoms with E-state index in [1.807, 2.05) is 35.9 Å². The van der Waals surface area contributed by atoms with Gasteiger partial charge in [0.1, 0.15) is 11.6 Å². The predicted octanol–water partition coefficient (Wildman–Crippen LogP) is 3.56. The summed E-state index contributed by atoms with van der Waals surface area (Å²) in [5, 5.41) is 14.5. The molecule has 0 bridgehead atoms. The summed E-state index contributed by atoms with van der Waals surface area (Å²) in [5.74, 6) is 1.47. The number of imidazole rings is 1. The maximum absolute atomic E-state index is 10.7. The van der Waals surface area contributed by atoms with Crippen LogP contribution in [0.3, 0.4) is 0 Å². The number of aromatic nitrogens is 2. The number of piperidine rings is 1. The van der Waals surface area contributed by atoms with Crippen molar-refractivity contribution in [2.75, 3.05) is 19.7 Å². The second kappa shape index (κ2) is 9.64. The average Bonchev–Trinajstić information content (AvgIpc) is 2.97. The van der Waals surface area contributed by atoms with Gasteiger partial charge in [0.2, 0.25) is 0 Å². The molecular weight excluding hydrogens is 385 g/mol. The van der Waals surface area contributed by atoms with Crippen molar-refractivity contribution in [1.82, 2.24) is 14.9 Å². The van der Waals surface area contributed by atoms with Gasteiger partial charge in [0.25, 0.3) is 0 Å². The van der Waals surface area contributed by atoms with Crippen molar-refractivity contribution >= 4 is 36.4 Å². The van der Waals surface area contributed by atoms with Gasteiger partial charge in [0, 0.05) is 24.5 Å². The van der Waals surface area contributed by atoms with Crippen LogP contribution >= 0.6 is 36.4 Å². The van der Waals surface area contributed by atoms with Gasteiger partial charge in [-0.15, -0.1) is 24.8 Å². The molecule has 8 heteroatoms. The Hall–Kier alpha value is -0.980. The molecule has 0 spiro atoms. The number of ether oxygens (including phenoxy) is 1. The molecule has 25 heavy (non-hydrogen) atoms. The third kappa shape index (κ3) is 5.25. The van der Waals surface area contributed by atoms with E-state index in [1.165, 1.54) is 0 Å². The van der Waals surface area contributed by atoms with Gasteiger partial charge < -0.3 is 19.7 Å². The van der Waals surface area contributed by atoms with Crippen molar-refractivity contribution in [3.63, 3.8) is 0 Å². The lowest BCUT2D eigenvalue weighted by Gasteiger charge is -2.33. The summed E-state index contributed by atoms with van der Waals surface area (Å²) in [6.07, 6.45) is 5.42. The van der Waals surface area contributed by atoms with E-state index in [4.69, 9.17) is 16.3 Å². The van der Waals surface area contributed by atoms with Gasteiger partial charge in [0.15, 0.2) is 0 Å². The smallest absolute Gasteiger partial charge is 0.140 e. The zero-order valence-electron chi connectivity index (χ0n) is 14.1. The Morgan fingerprint density at radius 2 is 2.20 bits per heavy atom. The first kappa shape index (κ1) is 22.1. The topological polar surface area (TPSA) is 59.3 Å². The second-order valence-electron chi connectivity index (χ2n) is 5.96. The summed E-state index contributed by atoms with van der Waals surface area (Å²) in [5.41, 5.74) is 0.179. The van der Waals surface area contributed by atoms with Gasteiger partial charge in [-0.25, -0.2) is 4.98 Å². The molecular formula is C17H24Cl3N3O2. The standard InChI is InChI=1S/C17H22ClN3O2.2ClH/c1-2-23-15-5-4-13(10-14(15)18)16-20-8-9-21(16)12-17(22)6-3-7-19-11-17;;/h4-5,8-10,19,22H,2-3,6-7,11-12H2,1H3;2*1H. The number of hydrogen-bond donors (Lipinski definition) is 2. The molecule has 2 heterocycles. The zero-order chi connectivity index (χ0) is 16.3. The van der Waals surface area contributed by atoms with Gasteiger partial charge in [-0.05, 0) is 44.5 Å². The van der Waals surface area contributed by atoms with Crippen LogP contribution < -0.4 is 10.1 Å². The molecule has 2 N–H and O–H groups in total. The Morgan fingerprint density at radius 3 is 2.84 bits per heavy atom. The minimum absolute atomic E-state index is 0. The first-order valence-electron chi connectivity index (χ1n) is 7.98. The number of nitrogens with one attached hydrogen (secondary N) is 1. The van der Waals surface area contributed by atoms with E-state index in [-0.39, 0.29) is 24.8 Å². The van der Waals surface area contributed by atoms with Crippen LogP contribution in [0.2, 0.25) is 5.02 Å². The van der Waals surface area contributed by atoms with Crippen LogP contribution in [0.5, 0.6) is 5.75 Å². The van der Waals surface area contributed by atoms with E-state index >= 15 is 0 Å². The quantitative estimate of drug-likeness (QED) is 0.794. The van der Waals surface area contributed by atoms with E-state index in [1.54, 1.807) is 6.20 Å². The molecule has 5 nitrogen and oxygen atoms in total. The Labute approximate surface area is 165 Å². The summed E-state index contributed by atoms with van der Waals surface area (Å²) in [7, 11) is 0. The minimum Gasteiger partial charge on any atom is -0.492 e. The molecule has 0 radical (unpaired) electrons. The summed E-state index contributed by atoms with van der Waals surface area (Å²) < 4.78 is 7.45. The van der Waals surface area contributed by atoms with Crippen molar-refractivity contribution < 1.29 is 9.84 Å². The largest absolute Gasteiger partial charge is 0.492 e. The highest BCUT2D eigenvalue weighted by Gasteiger charge is 2.30.